The topological polar surface area (TPSA) is 64.4 Å². The molecule has 176 valence electrons. The first-order chi connectivity index (χ1) is 16.9. The fourth-order valence-corrected chi connectivity index (χ4v) is 5.13. The van der Waals surface area contributed by atoms with Crippen LogP contribution in [0.1, 0.15) is 47.4 Å². The summed E-state index contributed by atoms with van der Waals surface area (Å²) >= 11 is 0. The van der Waals surface area contributed by atoms with E-state index >= 15 is 0 Å². The van der Waals surface area contributed by atoms with Crippen LogP contribution in [0.2, 0.25) is 0 Å². The molecule has 3 aromatic carbocycles. The van der Waals surface area contributed by atoms with Gasteiger partial charge >= 0.3 is 0 Å². The lowest BCUT2D eigenvalue weighted by molar-refractivity contribution is -0.116. The molecule has 0 radical (unpaired) electrons. The van der Waals surface area contributed by atoms with Crippen LogP contribution in [0.3, 0.4) is 0 Å². The number of para-hydroxylation sites is 1. The van der Waals surface area contributed by atoms with Crippen LogP contribution in [0.15, 0.2) is 89.6 Å². The summed E-state index contributed by atoms with van der Waals surface area (Å²) in [4.78, 5) is 15.3. The molecule has 1 aliphatic carbocycles. The maximum absolute atomic E-state index is 13.8. The van der Waals surface area contributed by atoms with E-state index in [2.05, 4.69) is 0 Å². The summed E-state index contributed by atoms with van der Waals surface area (Å²) in [5, 5.41) is 21.0. The number of ketones is 1. The van der Waals surface area contributed by atoms with Crippen molar-refractivity contribution >= 4 is 23.1 Å². The van der Waals surface area contributed by atoms with Crippen LogP contribution in [-0.4, -0.2) is 16.7 Å². The zero-order valence-electron chi connectivity index (χ0n) is 19.8. The summed E-state index contributed by atoms with van der Waals surface area (Å²) in [5.74, 6) is -0.958. The van der Waals surface area contributed by atoms with Gasteiger partial charge in [0.1, 0.15) is 17.4 Å². The van der Waals surface area contributed by atoms with Crippen LogP contribution >= 0.6 is 0 Å². The van der Waals surface area contributed by atoms with E-state index in [1.807, 2.05) is 67.3 Å². The predicted octanol–water partition coefficient (Wildman–Crippen LogP) is 7.00. The molecular formula is C30H27FN2O2. The Morgan fingerprint density at radius 3 is 2.34 bits per heavy atom. The van der Waals surface area contributed by atoms with Gasteiger partial charge in [0, 0.05) is 34.7 Å². The van der Waals surface area contributed by atoms with Crippen molar-refractivity contribution in [3.05, 3.63) is 118 Å². The van der Waals surface area contributed by atoms with E-state index in [-0.39, 0.29) is 23.2 Å². The standard InChI is InChI=1S/C30H27FN2O2/c1-18-10-12-21(13-11-18)29(35)28-26(20-14-16-22(31)17-15-20)27-24(8-5-9-25(27)34)33(30(28)32)23-7-4-3-6-19(23)2/h3-4,6-7,10-17,26,32,35H,5,8-9H2,1-2H3/b29-28+,32-30?. The molecule has 1 unspecified atom stereocenters. The van der Waals surface area contributed by atoms with Gasteiger partial charge in [0.25, 0.3) is 0 Å². The Morgan fingerprint density at radius 2 is 1.66 bits per heavy atom. The number of Topliss-reactive ketones (excluding diaryl/α,β-unsaturated/α-hetero) is 1. The van der Waals surface area contributed by atoms with E-state index in [1.54, 1.807) is 12.1 Å². The summed E-state index contributed by atoms with van der Waals surface area (Å²) < 4.78 is 13.8. The largest absolute Gasteiger partial charge is 0.507 e. The van der Waals surface area contributed by atoms with E-state index in [1.165, 1.54) is 12.1 Å². The molecule has 5 rings (SSSR count). The smallest absolute Gasteiger partial charge is 0.161 e. The summed E-state index contributed by atoms with van der Waals surface area (Å²) in [6.07, 6.45) is 1.75. The summed E-state index contributed by atoms with van der Waals surface area (Å²) in [6.45, 7) is 3.94. The van der Waals surface area contributed by atoms with Gasteiger partial charge in [-0.15, -0.1) is 0 Å². The number of halogens is 1. The number of aliphatic hydroxyl groups excluding tert-OH is 1. The number of rotatable bonds is 3. The maximum Gasteiger partial charge on any atom is 0.161 e. The molecular weight excluding hydrogens is 439 g/mol. The van der Waals surface area contributed by atoms with E-state index in [0.717, 1.165) is 22.5 Å². The van der Waals surface area contributed by atoms with Crippen molar-refractivity contribution in [3.8, 4) is 0 Å². The fourth-order valence-electron chi connectivity index (χ4n) is 5.13. The predicted molar refractivity (Wildman–Crippen MR) is 137 cm³/mol. The quantitative estimate of drug-likeness (QED) is 0.409. The van der Waals surface area contributed by atoms with Crippen LogP contribution in [0.4, 0.5) is 10.1 Å². The Labute approximate surface area is 204 Å². The zero-order valence-corrected chi connectivity index (χ0v) is 19.8. The van der Waals surface area contributed by atoms with E-state index in [4.69, 9.17) is 0 Å². The molecule has 2 aliphatic rings. The van der Waals surface area contributed by atoms with E-state index in [0.29, 0.717) is 41.5 Å². The third-order valence-corrected chi connectivity index (χ3v) is 6.89. The SMILES string of the molecule is Cc1ccc(/C(O)=C2\C(=N)N(c3ccccc3C)C3=C(C(=O)CCC3)C2c2ccc(F)cc2)cc1. The average molecular weight is 467 g/mol. The monoisotopic (exact) mass is 466 g/mol. The Morgan fingerprint density at radius 1 is 0.971 bits per heavy atom. The molecule has 0 fully saturated rings. The number of aliphatic hydroxyl groups is 1. The summed E-state index contributed by atoms with van der Waals surface area (Å²) in [7, 11) is 0. The van der Waals surface area contributed by atoms with E-state index < -0.39 is 5.92 Å². The minimum atomic E-state index is -0.660. The minimum absolute atomic E-state index is 0.000801. The number of amidine groups is 1. The third-order valence-electron chi connectivity index (χ3n) is 6.89. The molecule has 5 heteroatoms. The van der Waals surface area contributed by atoms with Crippen LogP contribution < -0.4 is 4.90 Å². The van der Waals surface area contributed by atoms with Crippen LogP contribution in [-0.2, 0) is 4.79 Å². The van der Waals surface area contributed by atoms with Crippen molar-refractivity contribution in [2.24, 2.45) is 0 Å². The number of anilines is 1. The molecule has 2 N–H and O–H groups in total. The number of carbonyl (C=O) groups is 1. The lowest BCUT2D eigenvalue weighted by Crippen LogP contribution is -2.42. The van der Waals surface area contributed by atoms with Gasteiger partial charge in [-0.3, -0.25) is 15.1 Å². The van der Waals surface area contributed by atoms with Crippen LogP contribution in [0.5, 0.6) is 0 Å². The Bertz CT molecular complexity index is 1380. The van der Waals surface area contributed by atoms with Gasteiger partial charge in [-0.1, -0.05) is 60.2 Å². The second-order valence-corrected chi connectivity index (χ2v) is 9.22. The van der Waals surface area contributed by atoms with Gasteiger partial charge in [0.05, 0.1) is 5.69 Å². The van der Waals surface area contributed by atoms with Crippen molar-refractivity contribution in [1.82, 2.24) is 0 Å². The molecule has 35 heavy (non-hydrogen) atoms. The number of allylic oxidation sites excluding steroid dienone is 2. The summed E-state index contributed by atoms with van der Waals surface area (Å²) in [6, 6.07) is 21.2. The molecule has 0 bridgehead atoms. The first-order valence-electron chi connectivity index (χ1n) is 11.8. The van der Waals surface area contributed by atoms with E-state index in [9.17, 15) is 19.7 Å². The highest BCUT2D eigenvalue weighted by Crippen LogP contribution is 2.48. The van der Waals surface area contributed by atoms with Crippen LogP contribution in [0.25, 0.3) is 5.76 Å². The van der Waals surface area contributed by atoms with Crippen molar-refractivity contribution in [2.45, 2.75) is 39.0 Å². The maximum atomic E-state index is 13.8. The number of carbonyl (C=O) groups excluding carboxylic acids is 1. The van der Waals surface area contributed by atoms with Gasteiger partial charge < -0.3 is 5.11 Å². The Kier molecular flexibility index (Phi) is 5.85. The molecule has 0 spiro atoms. The van der Waals surface area contributed by atoms with Gasteiger partial charge in [0.15, 0.2) is 5.78 Å². The molecule has 0 saturated carbocycles. The molecule has 0 saturated heterocycles. The number of hydrogen-bond donors (Lipinski definition) is 2. The first-order valence-corrected chi connectivity index (χ1v) is 11.8. The lowest BCUT2D eigenvalue weighted by atomic mass is 9.73. The normalized spacial score (nSPS) is 19.6. The molecule has 1 heterocycles. The molecule has 0 amide bonds. The second kappa shape index (κ2) is 8.99. The number of benzene rings is 3. The van der Waals surface area contributed by atoms with Gasteiger partial charge in [-0.25, -0.2) is 4.39 Å². The molecule has 1 atom stereocenters. The van der Waals surface area contributed by atoms with Crippen molar-refractivity contribution in [1.29, 1.82) is 5.41 Å². The number of aryl methyl sites for hydroxylation is 2. The van der Waals surface area contributed by atoms with Crippen molar-refractivity contribution < 1.29 is 14.3 Å². The number of nitrogens with zero attached hydrogens (tertiary/aromatic N) is 1. The number of nitrogens with one attached hydrogen (secondary N) is 1. The molecule has 4 nitrogen and oxygen atoms in total. The Balaban J connectivity index is 1.84. The number of hydrogen-bond acceptors (Lipinski definition) is 3. The summed E-state index contributed by atoms with van der Waals surface area (Å²) in [5.41, 5.74) is 5.79. The molecule has 3 aromatic rings. The first kappa shape index (κ1) is 22.8. The lowest BCUT2D eigenvalue weighted by Gasteiger charge is -2.42. The highest BCUT2D eigenvalue weighted by atomic mass is 19.1. The van der Waals surface area contributed by atoms with Gasteiger partial charge in [0.2, 0.25) is 0 Å². The van der Waals surface area contributed by atoms with Crippen molar-refractivity contribution in [2.75, 3.05) is 4.90 Å². The van der Waals surface area contributed by atoms with Crippen molar-refractivity contribution in [3.63, 3.8) is 0 Å². The highest BCUT2D eigenvalue weighted by molar-refractivity contribution is 6.19. The van der Waals surface area contributed by atoms with Gasteiger partial charge in [-0.2, -0.15) is 0 Å². The van der Waals surface area contributed by atoms with Crippen LogP contribution in [0, 0.1) is 25.1 Å². The minimum Gasteiger partial charge on any atom is -0.507 e. The van der Waals surface area contributed by atoms with Gasteiger partial charge in [-0.05, 0) is 56.0 Å². The molecule has 1 aliphatic heterocycles. The third kappa shape index (κ3) is 3.97. The fraction of sp³-hybridized carbons (Fsp3) is 0.200. The average Bonchev–Trinajstić information content (AvgIpc) is 2.85. The zero-order chi connectivity index (χ0) is 24.7. The Hall–Kier alpha value is -3.99. The second-order valence-electron chi connectivity index (χ2n) is 9.22. The molecule has 0 aromatic heterocycles. The highest BCUT2D eigenvalue weighted by Gasteiger charge is 2.43.